The van der Waals surface area contributed by atoms with Crippen LogP contribution >= 0.6 is 0 Å². The molecule has 0 aliphatic carbocycles. The van der Waals surface area contributed by atoms with E-state index < -0.39 is 6.04 Å². The number of amides is 3. The van der Waals surface area contributed by atoms with E-state index in [4.69, 9.17) is 0 Å². The topological polar surface area (TPSA) is 119 Å². The predicted octanol–water partition coefficient (Wildman–Crippen LogP) is 1.25. The summed E-state index contributed by atoms with van der Waals surface area (Å²) in [5.41, 5.74) is 3.74. The van der Waals surface area contributed by atoms with Crippen LogP contribution in [-0.2, 0) is 22.7 Å². The number of hydrogen-bond acceptors (Lipinski definition) is 6. The maximum Gasteiger partial charge on any atom is 0.255 e. The lowest BCUT2D eigenvalue weighted by Gasteiger charge is -2.29. The number of carbonyl (C=O) groups excluding carboxylic acids is 3. The summed E-state index contributed by atoms with van der Waals surface area (Å²) in [5, 5.41) is 16.4. The normalized spacial score (nSPS) is 21.9. The third-order valence-electron chi connectivity index (χ3n) is 6.51. The first-order valence-electron chi connectivity index (χ1n) is 10.8. The first kappa shape index (κ1) is 19.7. The second-order valence-electron chi connectivity index (χ2n) is 8.47. The van der Waals surface area contributed by atoms with E-state index in [1.54, 1.807) is 4.90 Å². The molecule has 0 saturated carbocycles. The molecular weight excluding hydrogens is 396 g/mol. The summed E-state index contributed by atoms with van der Waals surface area (Å²) < 4.78 is 0. The van der Waals surface area contributed by atoms with Gasteiger partial charge in [0, 0.05) is 30.6 Å². The number of H-pyrrole nitrogens is 1. The van der Waals surface area contributed by atoms with Gasteiger partial charge < -0.3 is 15.5 Å². The Morgan fingerprint density at radius 2 is 1.97 bits per heavy atom. The highest BCUT2D eigenvalue weighted by Gasteiger charge is 2.39. The molecule has 9 heteroatoms. The number of piperidine rings is 2. The van der Waals surface area contributed by atoms with Crippen molar-refractivity contribution in [3.8, 4) is 0 Å². The molecule has 1 aromatic heterocycles. The molecule has 0 spiro atoms. The van der Waals surface area contributed by atoms with Crippen molar-refractivity contribution in [1.29, 1.82) is 0 Å². The predicted molar refractivity (Wildman–Crippen MR) is 113 cm³/mol. The van der Waals surface area contributed by atoms with Crippen LogP contribution in [0.5, 0.6) is 0 Å². The van der Waals surface area contributed by atoms with Crippen molar-refractivity contribution in [2.75, 3.05) is 18.4 Å². The number of aromatic nitrogens is 2. The number of hydrogen-bond donors (Lipinski definition) is 4. The Balaban J connectivity index is 1.27. The quantitative estimate of drug-likeness (QED) is 0.539. The maximum absolute atomic E-state index is 13.0. The molecule has 2 aromatic rings. The number of benzene rings is 1. The Labute approximate surface area is 180 Å². The lowest BCUT2D eigenvalue weighted by Crippen LogP contribution is -2.52. The fourth-order valence-electron chi connectivity index (χ4n) is 4.78. The average Bonchev–Trinajstić information content (AvgIpc) is 3.38. The van der Waals surface area contributed by atoms with Crippen molar-refractivity contribution in [2.24, 2.45) is 0 Å². The van der Waals surface area contributed by atoms with E-state index in [1.807, 2.05) is 24.4 Å². The standard InChI is InChI=1S/C22H26N6O3/c29-19-4-3-18(21(30)26-19)28-12-15-2-1-13(9-16(15)22(28)31)10-24-20-17(11-25-27-20)14-5-7-23-8-6-14/h1-2,9,11,14,18,23H,3-8,10,12H2,(H2,24,25,27)(H,26,29,30). The molecule has 4 heterocycles. The lowest BCUT2D eigenvalue weighted by atomic mass is 9.92. The first-order chi connectivity index (χ1) is 15.1. The molecule has 1 aromatic carbocycles. The number of carbonyl (C=O) groups is 3. The molecule has 2 fully saturated rings. The van der Waals surface area contributed by atoms with Gasteiger partial charge in [-0.15, -0.1) is 0 Å². The van der Waals surface area contributed by atoms with E-state index in [0.717, 1.165) is 42.9 Å². The molecule has 1 atom stereocenters. The van der Waals surface area contributed by atoms with Crippen LogP contribution in [0.1, 0.15) is 58.6 Å². The smallest absolute Gasteiger partial charge is 0.255 e. The van der Waals surface area contributed by atoms with Crippen molar-refractivity contribution in [3.05, 3.63) is 46.6 Å². The molecule has 1 unspecified atom stereocenters. The van der Waals surface area contributed by atoms with E-state index in [9.17, 15) is 14.4 Å². The number of imide groups is 1. The Morgan fingerprint density at radius 3 is 2.77 bits per heavy atom. The van der Waals surface area contributed by atoms with E-state index >= 15 is 0 Å². The van der Waals surface area contributed by atoms with Gasteiger partial charge in [-0.05, 0) is 55.5 Å². The van der Waals surface area contributed by atoms with E-state index in [2.05, 4.69) is 26.1 Å². The summed E-state index contributed by atoms with van der Waals surface area (Å²) in [5.74, 6) is 0.615. The lowest BCUT2D eigenvalue weighted by molar-refractivity contribution is -0.136. The molecule has 3 aliphatic rings. The summed E-state index contributed by atoms with van der Waals surface area (Å²) in [6, 6.07) is 5.28. The maximum atomic E-state index is 13.0. The van der Waals surface area contributed by atoms with Crippen molar-refractivity contribution >= 4 is 23.5 Å². The minimum atomic E-state index is -0.586. The molecule has 0 bridgehead atoms. The number of fused-ring (bicyclic) bond motifs is 1. The fraction of sp³-hybridized carbons (Fsp3) is 0.455. The van der Waals surface area contributed by atoms with Crippen molar-refractivity contribution in [1.82, 2.24) is 25.7 Å². The minimum Gasteiger partial charge on any atom is -0.366 e. The zero-order chi connectivity index (χ0) is 21.4. The summed E-state index contributed by atoms with van der Waals surface area (Å²) in [4.78, 5) is 38.2. The fourth-order valence-corrected chi connectivity index (χ4v) is 4.78. The molecule has 4 N–H and O–H groups in total. The van der Waals surface area contributed by atoms with Gasteiger partial charge in [-0.3, -0.25) is 24.8 Å². The van der Waals surface area contributed by atoms with E-state index in [0.29, 0.717) is 31.0 Å². The highest BCUT2D eigenvalue weighted by atomic mass is 16.2. The third kappa shape index (κ3) is 3.81. The van der Waals surface area contributed by atoms with Gasteiger partial charge in [-0.1, -0.05) is 12.1 Å². The van der Waals surface area contributed by atoms with Crippen molar-refractivity contribution in [3.63, 3.8) is 0 Å². The number of rotatable bonds is 5. The molecule has 3 aliphatic heterocycles. The zero-order valence-corrected chi connectivity index (χ0v) is 17.2. The van der Waals surface area contributed by atoms with Gasteiger partial charge in [0.1, 0.15) is 11.9 Å². The number of aromatic amines is 1. The van der Waals surface area contributed by atoms with Crippen molar-refractivity contribution in [2.45, 2.75) is 50.7 Å². The molecule has 162 valence electrons. The average molecular weight is 422 g/mol. The van der Waals surface area contributed by atoms with Gasteiger partial charge in [0.05, 0.1) is 6.20 Å². The highest BCUT2D eigenvalue weighted by molar-refractivity contribution is 6.05. The molecule has 0 radical (unpaired) electrons. The Hall–Kier alpha value is -3.20. The van der Waals surface area contributed by atoms with E-state index in [-0.39, 0.29) is 24.1 Å². The first-order valence-corrected chi connectivity index (χ1v) is 10.8. The van der Waals surface area contributed by atoms with Gasteiger partial charge in [0.2, 0.25) is 11.8 Å². The van der Waals surface area contributed by atoms with Gasteiger partial charge >= 0.3 is 0 Å². The Kier molecular flexibility index (Phi) is 5.19. The second-order valence-corrected chi connectivity index (χ2v) is 8.47. The van der Waals surface area contributed by atoms with Crippen LogP contribution < -0.4 is 16.0 Å². The summed E-state index contributed by atoms with van der Waals surface area (Å²) in [7, 11) is 0. The summed E-state index contributed by atoms with van der Waals surface area (Å²) in [6.07, 6.45) is 4.73. The number of anilines is 1. The second kappa shape index (κ2) is 8.14. The van der Waals surface area contributed by atoms with Gasteiger partial charge in [-0.25, -0.2) is 0 Å². The molecule has 9 nitrogen and oxygen atoms in total. The van der Waals surface area contributed by atoms with Crippen molar-refractivity contribution < 1.29 is 14.4 Å². The molecule has 5 rings (SSSR count). The van der Waals surface area contributed by atoms with Gasteiger partial charge in [0.25, 0.3) is 5.91 Å². The van der Waals surface area contributed by atoms with E-state index in [1.165, 1.54) is 5.56 Å². The van der Waals surface area contributed by atoms with Crippen LogP contribution in [-0.4, -0.2) is 52.0 Å². The number of nitrogens with one attached hydrogen (secondary N) is 4. The monoisotopic (exact) mass is 422 g/mol. The molecule has 31 heavy (non-hydrogen) atoms. The third-order valence-corrected chi connectivity index (χ3v) is 6.51. The highest BCUT2D eigenvalue weighted by Crippen LogP contribution is 2.31. The summed E-state index contributed by atoms with van der Waals surface area (Å²) >= 11 is 0. The molecular formula is C22H26N6O3. The minimum absolute atomic E-state index is 0.150. The number of nitrogens with zero attached hydrogens (tertiary/aromatic N) is 2. The largest absolute Gasteiger partial charge is 0.366 e. The van der Waals surface area contributed by atoms with Gasteiger partial charge in [0.15, 0.2) is 0 Å². The zero-order valence-electron chi connectivity index (χ0n) is 17.2. The van der Waals surface area contributed by atoms with Crippen LogP contribution in [0, 0.1) is 0 Å². The van der Waals surface area contributed by atoms with Gasteiger partial charge in [-0.2, -0.15) is 5.10 Å². The van der Waals surface area contributed by atoms with Crippen LogP contribution in [0.4, 0.5) is 5.82 Å². The van der Waals surface area contributed by atoms with Crippen LogP contribution in [0.3, 0.4) is 0 Å². The molecule has 2 saturated heterocycles. The molecule has 3 amide bonds. The van der Waals surface area contributed by atoms with Crippen LogP contribution in [0.25, 0.3) is 0 Å². The van der Waals surface area contributed by atoms with Crippen LogP contribution in [0.15, 0.2) is 24.4 Å². The summed E-state index contributed by atoms with van der Waals surface area (Å²) in [6.45, 7) is 3.01. The Bertz CT molecular complexity index is 1030. The SMILES string of the molecule is O=C1CCC(N2Cc3ccc(CNc4[nH]ncc4C4CCNCC4)cc3C2=O)C(=O)N1. The van der Waals surface area contributed by atoms with Crippen LogP contribution in [0.2, 0.25) is 0 Å². The Morgan fingerprint density at radius 1 is 1.13 bits per heavy atom.